The summed E-state index contributed by atoms with van der Waals surface area (Å²) in [5.74, 6) is -0.620. The summed E-state index contributed by atoms with van der Waals surface area (Å²) in [6, 6.07) is 6.47. The molecule has 0 spiro atoms. The maximum absolute atomic E-state index is 12.6. The lowest BCUT2D eigenvalue weighted by molar-refractivity contribution is -0.274. The Morgan fingerprint density at radius 1 is 1.25 bits per heavy atom. The predicted molar refractivity (Wildman–Crippen MR) is 108 cm³/mol. The topological polar surface area (TPSA) is 102 Å². The molecule has 1 unspecified atom stereocenters. The number of carbonyl (C=O) groups excluding carboxylic acids is 1. The van der Waals surface area contributed by atoms with Crippen LogP contribution in [0.5, 0.6) is 5.75 Å². The minimum Gasteiger partial charge on any atom is -0.406 e. The molecule has 4 rings (SSSR count). The van der Waals surface area contributed by atoms with Crippen LogP contribution >= 0.6 is 0 Å². The van der Waals surface area contributed by atoms with Crippen LogP contribution in [0.4, 0.5) is 13.2 Å². The van der Waals surface area contributed by atoms with E-state index in [2.05, 4.69) is 25.1 Å². The number of aliphatic hydroxyl groups is 1. The van der Waals surface area contributed by atoms with Crippen molar-refractivity contribution in [2.75, 3.05) is 6.61 Å². The minimum absolute atomic E-state index is 0.0556. The van der Waals surface area contributed by atoms with Crippen LogP contribution in [0.15, 0.2) is 42.7 Å². The van der Waals surface area contributed by atoms with E-state index < -0.39 is 18.3 Å². The first-order valence-electron chi connectivity index (χ1n) is 9.93. The van der Waals surface area contributed by atoms with Crippen molar-refractivity contribution in [3.05, 3.63) is 48.4 Å². The molecule has 1 amide bonds. The number of benzene rings is 1. The molecule has 1 aliphatic rings. The zero-order valence-corrected chi connectivity index (χ0v) is 17.0. The van der Waals surface area contributed by atoms with Crippen molar-refractivity contribution >= 4 is 5.91 Å². The molecular formula is C21H20F3N5O3. The average Bonchev–Trinajstić information content (AvgIpc) is 3.49. The molecule has 1 aromatic carbocycles. The molecule has 0 saturated heterocycles. The van der Waals surface area contributed by atoms with E-state index in [0.29, 0.717) is 22.9 Å². The standard InChI is InChI=1S/C21H20F3N5O3/c1-12(11-30)26-20(31)18-8-17(13-2-6-16(7-3-13)32-21(22,23)24)27-19(28-18)14-9-25-29(10-14)15-4-5-15/h2-3,6-10,12,15,30H,4-5,11H2,1H3,(H,26,31). The van der Waals surface area contributed by atoms with E-state index >= 15 is 0 Å². The van der Waals surface area contributed by atoms with Gasteiger partial charge in [-0.2, -0.15) is 5.10 Å². The Hall–Kier alpha value is -3.47. The van der Waals surface area contributed by atoms with Gasteiger partial charge in [-0.3, -0.25) is 9.48 Å². The van der Waals surface area contributed by atoms with Crippen LogP contribution in [0.1, 0.15) is 36.3 Å². The highest BCUT2D eigenvalue weighted by Crippen LogP contribution is 2.35. The number of carbonyl (C=O) groups is 1. The van der Waals surface area contributed by atoms with Crippen LogP contribution in [-0.4, -0.2) is 49.8 Å². The number of nitrogens with one attached hydrogen (secondary N) is 1. The first kappa shape index (κ1) is 21.8. The van der Waals surface area contributed by atoms with E-state index in [4.69, 9.17) is 0 Å². The Morgan fingerprint density at radius 2 is 1.97 bits per heavy atom. The highest BCUT2D eigenvalue weighted by atomic mass is 19.4. The van der Waals surface area contributed by atoms with Gasteiger partial charge in [0.25, 0.3) is 5.91 Å². The smallest absolute Gasteiger partial charge is 0.406 e. The Balaban J connectivity index is 1.70. The summed E-state index contributed by atoms with van der Waals surface area (Å²) in [5, 5.41) is 16.2. The van der Waals surface area contributed by atoms with Crippen molar-refractivity contribution in [2.45, 2.75) is 38.2 Å². The molecule has 0 aliphatic heterocycles. The molecule has 8 nitrogen and oxygen atoms in total. The van der Waals surface area contributed by atoms with E-state index in [1.807, 2.05) is 4.68 Å². The van der Waals surface area contributed by atoms with Crippen molar-refractivity contribution in [3.63, 3.8) is 0 Å². The Labute approximate surface area is 181 Å². The number of aromatic nitrogens is 4. The van der Waals surface area contributed by atoms with E-state index in [9.17, 15) is 23.1 Å². The molecule has 2 aromatic heterocycles. The first-order chi connectivity index (χ1) is 15.2. The minimum atomic E-state index is -4.79. The lowest BCUT2D eigenvalue weighted by Crippen LogP contribution is -2.35. The summed E-state index contributed by atoms with van der Waals surface area (Å²) in [5.41, 5.74) is 1.48. The lowest BCUT2D eigenvalue weighted by atomic mass is 10.1. The van der Waals surface area contributed by atoms with Gasteiger partial charge in [-0.25, -0.2) is 9.97 Å². The average molecular weight is 447 g/mol. The molecule has 1 atom stereocenters. The molecule has 2 N–H and O–H groups in total. The largest absolute Gasteiger partial charge is 0.573 e. The maximum Gasteiger partial charge on any atom is 0.573 e. The SMILES string of the molecule is CC(CO)NC(=O)c1cc(-c2ccc(OC(F)(F)F)cc2)nc(-c2cnn(C3CC3)c2)n1. The zero-order valence-electron chi connectivity index (χ0n) is 17.0. The molecule has 11 heteroatoms. The quantitative estimate of drug-likeness (QED) is 0.576. The van der Waals surface area contributed by atoms with Gasteiger partial charge in [0.1, 0.15) is 11.4 Å². The summed E-state index contributed by atoms with van der Waals surface area (Å²) in [6.45, 7) is 1.39. The second-order valence-corrected chi connectivity index (χ2v) is 7.53. The van der Waals surface area contributed by atoms with E-state index in [1.165, 1.54) is 30.3 Å². The molecule has 1 aliphatic carbocycles. The summed E-state index contributed by atoms with van der Waals surface area (Å²) in [4.78, 5) is 21.5. The lowest BCUT2D eigenvalue weighted by Gasteiger charge is -2.12. The van der Waals surface area contributed by atoms with Crippen LogP contribution < -0.4 is 10.1 Å². The van der Waals surface area contributed by atoms with Crippen molar-refractivity contribution in [1.82, 2.24) is 25.1 Å². The molecule has 168 valence electrons. The second kappa shape index (κ2) is 8.58. The monoisotopic (exact) mass is 447 g/mol. The van der Waals surface area contributed by atoms with E-state index in [-0.39, 0.29) is 23.9 Å². The van der Waals surface area contributed by atoms with Gasteiger partial charge in [-0.15, -0.1) is 13.2 Å². The number of aliphatic hydroxyl groups excluding tert-OH is 1. The molecule has 1 saturated carbocycles. The van der Waals surface area contributed by atoms with E-state index in [1.54, 1.807) is 19.3 Å². The van der Waals surface area contributed by atoms with E-state index in [0.717, 1.165) is 12.8 Å². The van der Waals surface area contributed by atoms with Gasteiger partial charge >= 0.3 is 6.36 Å². The predicted octanol–water partition coefficient (Wildman–Crippen LogP) is 3.35. The van der Waals surface area contributed by atoms with Gasteiger partial charge in [0, 0.05) is 17.8 Å². The van der Waals surface area contributed by atoms with Crippen LogP contribution in [0.25, 0.3) is 22.6 Å². The summed E-state index contributed by atoms with van der Waals surface area (Å²) < 4.78 is 43.0. The fraction of sp³-hybridized carbons (Fsp3) is 0.333. The Bertz CT molecular complexity index is 1110. The third-order valence-electron chi connectivity index (χ3n) is 4.77. The van der Waals surface area contributed by atoms with Gasteiger partial charge in [0.15, 0.2) is 5.82 Å². The number of rotatable bonds is 7. The summed E-state index contributed by atoms with van der Waals surface area (Å²) in [6.07, 6.45) is 0.701. The molecule has 3 aromatic rings. The summed E-state index contributed by atoms with van der Waals surface area (Å²) >= 11 is 0. The van der Waals surface area contributed by atoms with Crippen molar-refractivity contribution in [2.24, 2.45) is 0 Å². The van der Waals surface area contributed by atoms with Crippen molar-refractivity contribution in [1.29, 1.82) is 0 Å². The third kappa shape index (κ3) is 5.22. The number of halogens is 3. The second-order valence-electron chi connectivity index (χ2n) is 7.53. The zero-order chi connectivity index (χ0) is 22.9. The van der Waals surface area contributed by atoms with Gasteiger partial charge < -0.3 is 15.2 Å². The Kier molecular flexibility index (Phi) is 5.83. The van der Waals surface area contributed by atoms with Gasteiger partial charge in [-0.1, -0.05) is 0 Å². The number of amides is 1. The van der Waals surface area contributed by atoms with Crippen LogP contribution in [-0.2, 0) is 0 Å². The highest BCUT2D eigenvalue weighted by Gasteiger charge is 2.31. The fourth-order valence-electron chi connectivity index (χ4n) is 3.00. The number of hydrogen-bond donors (Lipinski definition) is 2. The van der Waals surface area contributed by atoms with Gasteiger partial charge in [0.05, 0.1) is 30.1 Å². The van der Waals surface area contributed by atoms with Gasteiger partial charge in [-0.05, 0) is 50.1 Å². The van der Waals surface area contributed by atoms with Gasteiger partial charge in [0.2, 0.25) is 0 Å². The normalized spacial score (nSPS) is 14.8. The van der Waals surface area contributed by atoms with Crippen molar-refractivity contribution < 1.29 is 27.8 Å². The third-order valence-corrected chi connectivity index (χ3v) is 4.77. The first-order valence-corrected chi connectivity index (χ1v) is 9.93. The molecule has 2 heterocycles. The molecular weight excluding hydrogens is 427 g/mol. The van der Waals surface area contributed by atoms with Crippen LogP contribution in [0, 0.1) is 0 Å². The number of hydrogen-bond acceptors (Lipinski definition) is 6. The highest BCUT2D eigenvalue weighted by molar-refractivity contribution is 5.94. The van der Waals surface area contributed by atoms with Crippen LogP contribution in [0.3, 0.4) is 0 Å². The number of nitrogens with zero attached hydrogens (tertiary/aromatic N) is 4. The fourth-order valence-corrected chi connectivity index (χ4v) is 3.00. The molecule has 32 heavy (non-hydrogen) atoms. The van der Waals surface area contributed by atoms with Crippen molar-refractivity contribution in [3.8, 4) is 28.4 Å². The molecule has 1 fully saturated rings. The molecule has 0 bridgehead atoms. The molecule has 0 radical (unpaired) electrons. The maximum atomic E-state index is 12.6. The number of ether oxygens (including phenoxy) is 1. The van der Waals surface area contributed by atoms with Crippen LogP contribution in [0.2, 0.25) is 0 Å². The Morgan fingerprint density at radius 3 is 2.59 bits per heavy atom. The summed E-state index contributed by atoms with van der Waals surface area (Å²) in [7, 11) is 0. The number of alkyl halides is 3.